The Hall–Kier alpha value is -3.27. The van der Waals surface area contributed by atoms with E-state index < -0.39 is 17.3 Å². The number of rotatable bonds is 3. The maximum Gasteiger partial charge on any atom is 0.418 e. The molecule has 0 amide bonds. The van der Waals surface area contributed by atoms with Gasteiger partial charge in [-0.05, 0) is 24.3 Å². The Labute approximate surface area is 153 Å². The lowest BCUT2D eigenvalue weighted by atomic mass is 10.2. The number of halogens is 3. The summed E-state index contributed by atoms with van der Waals surface area (Å²) in [7, 11) is 0. The molecule has 1 N–H and O–H groups in total. The molecule has 136 valence electrons. The SMILES string of the molecule is O=c1/c(=C/Nc2ccccc2C(F)(F)F)sc2nc(-c3ccncc3)nn12. The van der Waals surface area contributed by atoms with Gasteiger partial charge < -0.3 is 5.32 Å². The van der Waals surface area contributed by atoms with Crippen LogP contribution in [0.2, 0.25) is 0 Å². The van der Waals surface area contributed by atoms with Gasteiger partial charge in [-0.1, -0.05) is 23.5 Å². The Balaban J connectivity index is 1.71. The van der Waals surface area contributed by atoms with Crippen LogP contribution in [-0.2, 0) is 6.18 Å². The summed E-state index contributed by atoms with van der Waals surface area (Å²) in [4.78, 5) is 21.0. The summed E-state index contributed by atoms with van der Waals surface area (Å²) in [5.41, 5.74) is -0.697. The number of nitrogens with zero attached hydrogens (tertiary/aromatic N) is 4. The normalized spacial score (nSPS) is 12.6. The van der Waals surface area contributed by atoms with Gasteiger partial charge in [0, 0.05) is 24.2 Å². The van der Waals surface area contributed by atoms with E-state index in [1.165, 1.54) is 24.4 Å². The van der Waals surface area contributed by atoms with Crippen LogP contribution in [0.3, 0.4) is 0 Å². The summed E-state index contributed by atoms with van der Waals surface area (Å²) < 4.78 is 40.4. The van der Waals surface area contributed by atoms with E-state index in [2.05, 4.69) is 20.4 Å². The monoisotopic (exact) mass is 389 g/mol. The van der Waals surface area contributed by atoms with Crippen molar-refractivity contribution in [3.8, 4) is 11.4 Å². The first-order valence-corrected chi connectivity index (χ1v) is 8.48. The molecule has 0 aliphatic heterocycles. The second-order valence-corrected chi connectivity index (χ2v) is 6.48. The molecule has 6 nitrogen and oxygen atoms in total. The quantitative estimate of drug-likeness (QED) is 0.583. The standard InChI is InChI=1S/C17H10F3N5OS/c18-17(19,20)11-3-1-2-4-12(11)22-9-13-15(26)25-16(27-13)23-14(24-25)10-5-7-21-8-6-10/h1-9,22H/b13-9-. The first kappa shape index (κ1) is 17.2. The molecule has 4 aromatic rings. The molecular weight excluding hydrogens is 379 g/mol. The van der Waals surface area contributed by atoms with Gasteiger partial charge in [-0.15, -0.1) is 5.10 Å². The highest BCUT2D eigenvalue weighted by molar-refractivity contribution is 7.15. The van der Waals surface area contributed by atoms with Crippen molar-refractivity contribution in [1.82, 2.24) is 19.6 Å². The summed E-state index contributed by atoms with van der Waals surface area (Å²) in [5.74, 6) is 0.377. The highest BCUT2D eigenvalue weighted by Crippen LogP contribution is 2.34. The molecule has 0 aliphatic rings. The van der Waals surface area contributed by atoms with E-state index in [0.29, 0.717) is 16.3 Å². The zero-order chi connectivity index (χ0) is 19.0. The minimum atomic E-state index is -4.50. The van der Waals surface area contributed by atoms with Crippen molar-refractivity contribution in [3.05, 3.63) is 69.2 Å². The van der Waals surface area contributed by atoms with E-state index in [-0.39, 0.29) is 10.2 Å². The molecule has 27 heavy (non-hydrogen) atoms. The minimum absolute atomic E-state index is 0.138. The van der Waals surface area contributed by atoms with E-state index in [1.807, 2.05) is 0 Å². The van der Waals surface area contributed by atoms with Crippen LogP contribution in [0.4, 0.5) is 18.9 Å². The Morgan fingerprint density at radius 1 is 1.11 bits per heavy atom. The molecule has 0 spiro atoms. The number of aromatic nitrogens is 4. The third kappa shape index (κ3) is 3.26. The van der Waals surface area contributed by atoms with Crippen molar-refractivity contribution in [3.63, 3.8) is 0 Å². The van der Waals surface area contributed by atoms with Crippen molar-refractivity contribution in [2.45, 2.75) is 6.18 Å². The van der Waals surface area contributed by atoms with Crippen LogP contribution in [0, 0.1) is 0 Å². The fourth-order valence-corrected chi connectivity index (χ4v) is 3.29. The van der Waals surface area contributed by atoms with Crippen molar-refractivity contribution >= 4 is 28.2 Å². The first-order valence-electron chi connectivity index (χ1n) is 7.66. The Bertz CT molecular complexity index is 1220. The Morgan fingerprint density at radius 2 is 1.85 bits per heavy atom. The highest BCUT2D eigenvalue weighted by Gasteiger charge is 2.32. The van der Waals surface area contributed by atoms with Crippen LogP contribution in [0.1, 0.15) is 5.56 Å². The van der Waals surface area contributed by atoms with E-state index in [9.17, 15) is 18.0 Å². The van der Waals surface area contributed by atoms with E-state index in [0.717, 1.165) is 21.9 Å². The lowest BCUT2D eigenvalue weighted by Gasteiger charge is -2.11. The van der Waals surface area contributed by atoms with Gasteiger partial charge in [-0.25, -0.2) is 0 Å². The van der Waals surface area contributed by atoms with Gasteiger partial charge in [0.15, 0.2) is 5.82 Å². The second-order valence-electron chi connectivity index (χ2n) is 5.47. The summed E-state index contributed by atoms with van der Waals surface area (Å²) in [6.45, 7) is 0. The van der Waals surface area contributed by atoms with Gasteiger partial charge in [-0.2, -0.15) is 22.7 Å². The summed E-state index contributed by atoms with van der Waals surface area (Å²) >= 11 is 1.03. The van der Waals surface area contributed by atoms with E-state index in [4.69, 9.17) is 0 Å². The lowest BCUT2D eigenvalue weighted by molar-refractivity contribution is -0.136. The maximum absolute atomic E-state index is 13.0. The van der Waals surface area contributed by atoms with E-state index >= 15 is 0 Å². The number of thiazole rings is 1. The number of hydrogen-bond donors (Lipinski definition) is 1. The van der Waals surface area contributed by atoms with Crippen molar-refractivity contribution in [2.24, 2.45) is 0 Å². The van der Waals surface area contributed by atoms with Crippen molar-refractivity contribution in [2.75, 3.05) is 5.32 Å². The van der Waals surface area contributed by atoms with Crippen LogP contribution < -0.4 is 15.4 Å². The molecule has 0 fully saturated rings. The van der Waals surface area contributed by atoms with Gasteiger partial charge in [0.2, 0.25) is 4.96 Å². The summed E-state index contributed by atoms with van der Waals surface area (Å²) in [6, 6.07) is 8.48. The molecule has 0 atom stereocenters. The fraction of sp³-hybridized carbons (Fsp3) is 0.0588. The van der Waals surface area contributed by atoms with Crippen molar-refractivity contribution < 1.29 is 13.2 Å². The molecule has 0 unspecified atom stereocenters. The molecular formula is C17H10F3N5OS. The van der Waals surface area contributed by atoms with Gasteiger partial charge in [-0.3, -0.25) is 9.78 Å². The Kier molecular flexibility index (Phi) is 4.11. The average Bonchev–Trinajstić information content (AvgIpc) is 3.20. The number of para-hydroxylation sites is 1. The van der Waals surface area contributed by atoms with Gasteiger partial charge in [0.05, 0.1) is 11.3 Å². The largest absolute Gasteiger partial charge is 0.418 e. The van der Waals surface area contributed by atoms with Crippen LogP contribution >= 0.6 is 11.3 Å². The predicted octanol–water partition coefficient (Wildman–Crippen LogP) is 2.80. The minimum Gasteiger partial charge on any atom is -0.360 e. The first-order chi connectivity index (χ1) is 12.9. The third-order valence-corrected chi connectivity index (χ3v) is 4.67. The average molecular weight is 389 g/mol. The second kappa shape index (κ2) is 6.47. The molecule has 0 bridgehead atoms. The predicted molar refractivity (Wildman–Crippen MR) is 95.1 cm³/mol. The zero-order valence-electron chi connectivity index (χ0n) is 13.4. The zero-order valence-corrected chi connectivity index (χ0v) is 14.3. The lowest BCUT2D eigenvalue weighted by Crippen LogP contribution is -2.25. The molecule has 0 saturated heterocycles. The van der Waals surface area contributed by atoms with Crippen LogP contribution in [-0.4, -0.2) is 19.6 Å². The number of anilines is 1. The fourth-order valence-electron chi connectivity index (χ4n) is 2.46. The number of benzene rings is 1. The number of hydrogen-bond acceptors (Lipinski definition) is 6. The van der Waals surface area contributed by atoms with E-state index in [1.54, 1.807) is 24.5 Å². The van der Waals surface area contributed by atoms with Crippen LogP contribution in [0.25, 0.3) is 22.5 Å². The molecule has 1 aromatic carbocycles. The summed E-state index contributed by atoms with van der Waals surface area (Å²) in [5, 5.41) is 6.73. The van der Waals surface area contributed by atoms with Gasteiger partial charge in [0.1, 0.15) is 4.53 Å². The number of fused-ring (bicyclic) bond motifs is 1. The Morgan fingerprint density at radius 3 is 2.56 bits per heavy atom. The molecule has 0 aliphatic carbocycles. The molecule has 0 radical (unpaired) electrons. The number of alkyl halides is 3. The van der Waals surface area contributed by atoms with Gasteiger partial charge >= 0.3 is 6.18 Å². The molecule has 10 heteroatoms. The molecule has 4 rings (SSSR count). The molecule has 3 heterocycles. The number of pyridine rings is 1. The maximum atomic E-state index is 13.0. The van der Waals surface area contributed by atoms with Crippen LogP contribution in [0.5, 0.6) is 0 Å². The molecule has 3 aromatic heterocycles. The van der Waals surface area contributed by atoms with Crippen LogP contribution in [0.15, 0.2) is 53.6 Å². The topological polar surface area (TPSA) is 72.2 Å². The smallest absolute Gasteiger partial charge is 0.360 e. The number of nitrogens with one attached hydrogen (secondary N) is 1. The third-order valence-electron chi connectivity index (χ3n) is 3.71. The van der Waals surface area contributed by atoms with Gasteiger partial charge in [0.25, 0.3) is 5.56 Å². The molecule has 0 saturated carbocycles. The summed E-state index contributed by atoms with van der Waals surface area (Å²) in [6.07, 6.45) is -0.0869. The highest BCUT2D eigenvalue weighted by atomic mass is 32.1. The van der Waals surface area contributed by atoms with Crippen molar-refractivity contribution in [1.29, 1.82) is 0 Å².